The van der Waals surface area contributed by atoms with E-state index in [0.717, 1.165) is 24.6 Å². The summed E-state index contributed by atoms with van der Waals surface area (Å²) in [7, 11) is 0. The van der Waals surface area contributed by atoms with Gasteiger partial charge in [-0.3, -0.25) is 0 Å². The molecule has 1 aromatic heterocycles. The number of aliphatic hydroxyl groups excluding tert-OH is 1. The fourth-order valence-electron chi connectivity index (χ4n) is 2.51. The molecule has 1 aromatic carbocycles. The van der Waals surface area contributed by atoms with Crippen LogP contribution >= 0.6 is 0 Å². The van der Waals surface area contributed by atoms with Gasteiger partial charge in [0.2, 0.25) is 5.95 Å². The Labute approximate surface area is 145 Å². The predicted octanol–water partition coefficient (Wildman–Crippen LogP) is 3.80. The summed E-state index contributed by atoms with van der Waals surface area (Å²) in [4.78, 5) is 8.85. The topological polar surface area (TPSA) is 70.1 Å². The lowest BCUT2D eigenvalue weighted by molar-refractivity contribution is 0.248. The molecule has 3 N–H and O–H groups in total. The van der Waals surface area contributed by atoms with E-state index in [1.807, 2.05) is 13.8 Å². The average molecular weight is 348 g/mol. The van der Waals surface area contributed by atoms with Crippen molar-refractivity contribution >= 4 is 17.5 Å². The second-order valence-corrected chi connectivity index (χ2v) is 6.68. The van der Waals surface area contributed by atoms with Gasteiger partial charge in [0.25, 0.3) is 0 Å². The fourth-order valence-corrected chi connectivity index (χ4v) is 2.51. The van der Waals surface area contributed by atoms with Crippen LogP contribution in [-0.4, -0.2) is 27.7 Å². The van der Waals surface area contributed by atoms with Crippen molar-refractivity contribution in [2.75, 3.05) is 17.2 Å². The summed E-state index contributed by atoms with van der Waals surface area (Å²) in [6, 6.07) is 5.53. The number of rotatable bonds is 7. The molecule has 1 atom stereocenters. The Morgan fingerprint density at radius 3 is 2.64 bits per heavy atom. The van der Waals surface area contributed by atoms with Gasteiger partial charge in [0.05, 0.1) is 24.0 Å². The van der Waals surface area contributed by atoms with Gasteiger partial charge in [0, 0.05) is 12.0 Å². The highest BCUT2D eigenvalue weighted by Gasteiger charge is 2.27. The Bertz CT molecular complexity index is 750. The van der Waals surface area contributed by atoms with E-state index < -0.39 is 11.6 Å². The van der Waals surface area contributed by atoms with Crippen molar-refractivity contribution in [1.29, 1.82) is 0 Å². The van der Waals surface area contributed by atoms with Gasteiger partial charge in [-0.05, 0) is 30.9 Å². The molecular weight excluding hydrogens is 326 g/mol. The quantitative estimate of drug-likeness (QED) is 0.710. The Kier molecular flexibility index (Phi) is 5.13. The molecule has 7 heteroatoms. The minimum atomic E-state index is -0.945. The summed E-state index contributed by atoms with van der Waals surface area (Å²) in [5.41, 5.74) is 0.881. The molecular formula is C18H22F2N4O. The molecule has 5 nitrogen and oxygen atoms in total. The SMILES string of the molecule is CC(C)[C@H](CO)Nc1nc(Nc2cccc(F)c2F)cc(C2CC2)n1. The molecule has 1 heterocycles. The van der Waals surface area contributed by atoms with Crippen molar-refractivity contribution in [3.05, 3.63) is 41.6 Å². The Balaban J connectivity index is 1.89. The van der Waals surface area contributed by atoms with Crippen molar-refractivity contribution < 1.29 is 13.9 Å². The average Bonchev–Trinajstić information content (AvgIpc) is 3.41. The lowest BCUT2D eigenvalue weighted by Gasteiger charge is -2.20. The second-order valence-electron chi connectivity index (χ2n) is 6.68. The summed E-state index contributed by atoms with van der Waals surface area (Å²) in [5, 5.41) is 15.4. The standard InChI is InChI=1S/C18H22F2N4O/c1-10(2)15(9-25)23-18-22-14(11-6-7-11)8-16(24-18)21-13-5-3-4-12(19)17(13)20/h3-5,8,10-11,15,25H,6-7,9H2,1-2H3,(H2,21,22,23,24)/t15-/m0/s1. The molecule has 134 valence electrons. The normalized spacial score (nSPS) is 15.3. The van der Waals surface area contributed by atoms with Crippen LogP contribution in [0.5, 0.6) is 0 Å². The zero-order chi connectivity index (χ0) is 18.0. The van der Waals surface area contributed by atoms with Gasteiger partial charge in [-0.15, -0.1) is 0 Å². The van der Waals surface area contributed by atoms with E-state index in [1.165, 1.54) is 12.1 Å². The number of hydrogen-bond acceptors (Lipinski definition) is 5. The van der Waals surface area contributed by atoms with Crippen molar-refractivity contribution in [2.24, 2.45) is 5.92 Å². The molecule has 1 aliphatic rings. The van der Waals surface area contributed by atoms with Crippen molar-refractivity contribution in [3.8, 4) is 0 Å². The summed E-state index contributed by atoms with van der Waals surface area (Å²) >= 11 is 0. The number of hydrogen-bond donors (Lipinski definition) is 3. The number of aromatic nitrogens is 2. The first-order valence-electron chi connectivity index (χ1n) is 8.45. The fraction of sp³-hybridized carbons (Fsp3) is 0.444. The van der Waals surface area contributed by atoms with E-state index in [2.05, 4.69) is 20.6 Å². The first kappa shape index (κ1) is 17.5. The number of aliphatic hydroxyl groups is 1. The van der Waals surface area contributed by atoms with Crippen LogP contribution in [0.25, 0.3) is 0 Å². The number of benzene rings is 1. The number of halogens is 2. The van der Waals surface area contributed by atoms with E-state index in [0.29, 0.717) is 17.7 Å². The zero-order valence-corrected chi connectivity index (χ0v) is 14.3. The van der Waals surface area contributed by atoms with Crippen LogP contribution in [0, 0.1) is 17.6 Å². The maximum absolute atomic E-state index is 13.9. The molecule has 0 aliphatic heterocycles. The second kappa shape index (κ2) is 7.31. The Morgan fingerprint density at radius 1 is 1.24 bits per heavy atom. The Morgan fingerprint density at radius 2 is 2.00 bits per heavy atom. The van der Waals surface area contributed by atoms with Gasteiger partial charge >= 0.3 is 0 Å². The smallest absolute Gasteiger partial charge is 0.225 e. The van der Waals surface area contributed by atoms with Gasteiger partial charge in [-0.2, -0.15) is 4.98 Å². The lowest BCUT2D eigenvalue weighted by Crippen LogP contribution is -2.30. The monoisotopic (exact) mass is 348 g/mol. The van der Waals surface area contributed by atoms with Gasteiger partial charge in [0.15, 0.2) is 11.6 Å². The Hall–Kier alpha value is -2.28. The van der Waals surface area contributed by atoms with Crippen molar-refractivity contribution in [3.63, 3.8) is 0 Å². The van der Waals surface area contributed by atoms with Crippen LogP contribution < -0.4 is 10.6 Å². The first-order valence-corrected chi connectivity index (χ1v) is 8.45. The summed E-state index contributed by atoms with van der Waals surface area (Å²) in [6.07, 6.45) is 2.11. The third-order valence-electron chi connectivity index (χ3n) is 4.27. The molecule has 3 rings (SSSR count). The maximum atomic E-state index is 13.9. The molecule has 0 amide bonds. The number of nitrogens with one attached hydrogen (secondary N) is 2. The molecule has 0 radical (unpaired) electrons. The summed E-state index contributed by atoms with van der Waals surface area (Å²) < 4.78 is 27.3. The molecule has 1 fully saturated rings. The lowest BCUT2D eigenvalue weighted by atomic mass is 10.1. The third kappa shape index (κ3) is 4.22. The summed E-state index contributed by atoms with van der Waals surface area (Å²) in [5.74, 6) is -0.539. The van der Waals surface area contributed by atoms with E-state index in [9.17, 15) is 13.9 Å². The molecule has 1 saturated carbocycles. The highest BCUT2D eigenvalue weighted by molar-refractivity contribution is 5.58. The molecule has 1 aliphatic carbocycles. The minimum absolute atomic E-state index is 0.0222. The summed E-state index contributed by atoms with van der Waals surface area (Å²) in [6.45, 7) is 3.93. The van der Waals surface area contributed by atoms with Crippen LogP contribution in [0.4, 0.5) is 26.2 Å². The van der Waals surface area contributed by atoms with Crippen LogP contribution in [0.3, 0.4) is 0 Å². The van der Waals surface area contributed by atoms with E-state index in [1.54, 1.807) is 6.07 Å². The molecule has 0 unspecified atom stereocenters. The number of anilines is 3. The van der Waals surface area contributed by atoms with Crippen molar-refractivity contribution in [2.45, 2.75) is 38.6 Å². The maximum Gasteiger partial charge on any atom is 0.225 e. The minimum Gasteiger partial charge on any atom is -0.394 e. The predicted molar refractivity (Wildman–Crippen MR) is 93.0 cm³/mol. The van der Waals surface area contributed by atoms with Gasteiger partial charge in [-0.1, -0.05) is 19.9 Å². The molecule has 25 heavy (non-hydrogen) atoms. The van der Waals surface area contributed by atoms with E-state index in [4.69, 9.17) is 0 Å². The van der Waals surface area contributed by atoms with Crippen molar-refractivity contribution in [1.82, 2.24) is 9.97 Å². The van der Waals surface area contributed by atoms with Gasteiger partial charge in [-0.25, -0.2) is 13.8 Å². The van der Waals surface area contributed by atoms with Crippen LogP contribution in [0.1, 0.15) is 38.3 Å². The van der Waals surface area contributed by atoms with Gasteiger partial charge < -0.3 is 15.7 Å². The van der Waals surface area contributed by atoms with Gasteiger partial charge in [0.1, 0.15) is 5.82 Å². The van der Waals surface area contributed by atoms with E-state index in [-0.39, 0.29) is 24.3 Å². The third-order valence-corrected chi connectivity index (χ3v) is 4.27. The van der Waals surface area contributed by atoms with E-state index >= 15 is 0 Å². The highest BCUT2D eigenvalue weighted by atomic mass is 19.2. The molecule has 0 bridgehead atoms. The van der Waals surface area contributed by atoms with Crippen LogP contribution in [0.2, 0.25) is 0 Å². The largest absolute Gasteiger partial charge is 0.394 e. The molecule has 0 saturated heterocycles. The van der Waals surface area contributed by atoms with Crippen LogP contribution in [-0.2, 0) is 0 Å². The molecule has 0 spiro atoms. The number of nitrogens with zero attached hydrogens (tertiary/aromatic N) is 2. The zero-order valence-electron chi connectivity index (χ0n) is 14.3. The highest BCUT2D eigenvalue weighted by Crippen LogP contribution is 2.40. The first-order chi connectivity index (χ1) is 12.0. The molecule has 2 aromatic rings. The van der Waals surface area contributed by atoms with Crippen LogP contribution in [0.15, 0.2) is 24.3 Å².